The average molecular weight is 376 g/mol. The summed E-state index contributed by atoms with van der Waals surface area (Å²) in [5.41, 5.74) is 1.51. The number of aryl methyl sites for hydroxylation is 1. The second kappa shape index (κ2) is 6.34. The summed E-state index contributed by atoms with van der Waals surface area (Å²) in [6.07, 6.45) is 1.36. The maximum absolute atomic E-state index is 12.7. The number of carbonyl (C=O) groups excluding carboxylic acids is 1. The number of allylic oxidation sites excluding steroid dienone is 1. The molecule has 0 saturated carbocycles. The van der Waals surface area contributed by atoms with Crippen molar-refractivity contribution in [3.05, 3.63) is 61.3 Å². The predicted octanol–water partition coefficient (Wildman–Crippen LogP) is 4.20. The molecule has 0 fully saturated rings. The number of methoxy groups -OCH3 is 1. The van der Waals surface area contributed by atoms with Gasteiger partial charge in [-0.3, -0.25) is 14.9 Å². The van der Waals surface area contributed by atoms with Crippen molar-refractivity contribution in [2.45, 2.75) is 13.8 Å². The molecule has 134 valence electrons. The lowest BCUT2D eigenvalue weighted by atomic mass is 10.0. The Hall–Kier alpha value is -3.06. The van der Waals surface area contributed by atoms with Crippen LogP contribution in [-0.4, -0.2) is 22.9 Å². The summed E-state index contributed by atoms with van der Waals surface area (Å²) in [7, 11) is 1.27. The van der Waals surface area contributed by atoms with Crippen LogP contribution in [-0.2, 0) is 0 Å². The van der Waals surface area contributed by atoms with Crippen LogP contribution in [0.25, 0.3) is 6.08 Å². The molecular weight excluding hydrogens is 362 g/mol. The van der Waals surface area contributed by atoms with Gasteiger partial charge in [0, 0.05) is 11.1 Å². The zero-order chi connectivity index (χ0) is 19.2. The first kappa shape index (κ1) is 17.8. The zero-order valence-electron chi connectivity index (χ0n) is 14.1. The number of aromatic hydroxyl groups is 1. The Morgan fingerprint density at radius 3 is 2.62 bits per heavy atom. The summed E-state index contributed by atoms with van der Waals surface area (Å²) >= 11 is 6.20. The number of nitro benzene ring substituents is 1. The fourth-order valence-corrected chi connectivity index (χ4v) is 2.96. The topological polar surface area (TPSA) is 98.9 Å². The van der Waals surface area contributed by atoms with Crippen LogP contribution >= 0.6 is 11.6 Å². The number of nitro groups is 1. The van der Waals surface area contributed by atoms with E-state index in [9.17, 15) is 20.0 Å². The van der Waals surface area contributed by atoms with E-state index in [2.05, 4.69) is 0 Å². The second-order valence-corrected chi connectivity index (χ2v) is 6.17. The Bertz CT molecular complexity index is 996. The van der Waals surface area contributed by atoms with Gasteiger partial charge in [-0.25, -0.2) is 0 Å². The maximum Gasteiger partial charge on any atom is 0.315 e. The molecule has 2 aromatic carbocycles. The molecule has 8 heteroatoms. The van der Waals surface area contributed by atoms with E-state index < -0.39 is 16.4 Å². The van der Waals surface area contributed by atoms with Crippen molar-refractivity contribution in [1.29, 1.82) is 0 Å². The minimum Gasteiger partial charge on any atom is -0.500 e. The monoisotopic (exact) mass is 375 g/mol. The van der Waals surface area contributed by atoms with Gasteiger partial charge in [-0.1, -0.05) is 11.6 Å². The van der Waals surface area contributed by atoms with Gasteiger partial charge in [0.15, 0.2) is 11.5 Å². The van der Waals surface area contributed by atoms with E-state index in [1.165, 1.54) is 19.3 Å². The van der Waals surface area contributed by atoms with E-state index >= 15 is 0 Å². The molecule has 3 rings (SSSR count). The molecule has 1 N–H and O–H groups in total. The third-order valence-electron chi connectivity index (χ3n) is 4.11. The number of benzene rings is 2. The minimum absolute atomic E-state index is 0.00630. The minimum atomic E-state index is -0.737. The van der Waals surface area contributed by atoms with Crippen molar-refractivity contribution in [3.63, 3.8) is 0 Å². The fourth-order valence-electron chi connectivity index (χ4n) is 2.81. The molecule has 0 spiro atoms. The quantitative estimate of drug-likeness (QED) is 0.490. The van der Waals surface area contributed by atoms with Gasteiger partial charge in [-0.05, 0) is 48.7 Å². The van der Waals surface area contributed by atoms with Crippen LogP contribution in [0.5, 0.6) is 17.2 Å². The molecule has 0 radical (unpaired) electrons. The maximum atomic E-state index is 12.7. The van der Waals surface area contributed by atoms with E-state index in [0.717, 1.165) is 11.6 Å². The number of nitrogens with zero attached hydrogens (tertiary/aromatic N) is 1. The molecule has 7 nitrogen and oxygen atoms in total. The van der Waals surface area contributed by atoms with Crippen molar-refractivity contribution in [3.8, 4) is 17.2 Å². The van der Waals surface area contributed by atoms with Gasteiger partial charge in [0.1, 0.15) is 5.75 Å². The van der Waals surface area contributed by atoms with Crippen LogP contribution in [0, 0.1) is 24.0 Å². The summed E-state index contributed by atoms with van der Waals surface area (Å²) < 4.78 is 10.6. The molecular formula is C18H14ClNO6. The Morgan fingerprint density at radius 1 is 1.31 bits per heavy atom. The standard InChI is InChI=1S/C18H14ClNO6/c1-8-4-12-15(9(2)16(8)19)18(22)14(26-12)7-10-5-11(20(23)24)17(21)13(6-10)25-3/h4-7,21H,1-3H3. The lowest BCUT2D eigenvalue weighted by Gasteiger charge is -2.06. The summed E-state index contributed by atoms with van der Waals surface area (Å²) in [5.74, 6) is -0.634. The number of ether oxygens (including phenoxy) is 2. The van der Waals surface area contributed by atoms with Gasteiger partial charge in [-0.15, -0.1) is 0 Å². The lowest BCUT2D eigenvalue weighted by Crippen LogP contribution is -2.00. The van der Waals surface area contributed by atoms with Crippen LogP contribution in [0.4, 0.5) is 5.69 Å². The Morgan fingerprint density at radius 2 is 2.00 bits per heavy atom. The largest absolute Gasteiger partial charge is 0.500 e. The molecule has 0 atom stereocenters. The number of hydrogen-bond donors (Lipinski definition) is 1. The number of halogens is 1. The van der Waals surface area contributed by atoms with Crippen LogP contribution < -0.4 is 9.47 Å². The van der Waals surface area contributed by atoms with Crippen LogP contribution in [0.3, 0.4) is 0 Å². The van der Waals surface area contributed by atoms with Gasteiger partial charge in [-0.2, -0.15) is 0 Å². The van der Waals surface area contributed by atoms with Gasteiger partial charge in [0.05, 0.1) is 17.6 Å². The van der Waals surface area contributed by atoms with Crippen molar-refractivity contribution in [2.24, 2.45) is 0 Å². The first-order chi connectivity index (χ1) is 12.2. The van der Waals surface area contributed by atoms with Crippen molar-refractivity contribution in [1.82, 2.24) is 0 Å². The Labute approximate surface area is 153 Å². The number of Topliss-reactive ketones (excluding diaryl/α,β-unsaturated/α-hetero) is 1. The van der Waals surface area contributed by atoms with Crippen LogP contribution in [0.15, 0.2) is 24.0 Å². The molecule has 26 heavy (non-hydrogen) atoms. The highest BCUT2D eigenvalue weighted by Gasteiger charge is 2.31. The molecule has 0 saturated heterocycles. The number of carbonyl (C=O) groups is 1. The van der Waals surface area contributed by atoms with Crippen molar-refractivity contribution in [2.75, 3.05) is 7.11 Å². The molecule has 0 amide bonds. The molecule has 0 unspecified atom stereocenters. The molecule has 0 aromatic heterocycles. The average Bonchev–Trinajstić information content (AvgIpc) is 2.89. The number of phenols is 1. The number of phenolic OH excluding ortho intramolecular Hbond substituents is 1. The van der Waals surface area contributed by atoms with Crippen LogP contribution in [0.1, 0.15) is 27.0 Å². The van der Waals surface area contributed by atoms with Gasteiger partial charge < -0.3 is 14.6 Å². The second-order valence-electron chi connectivity index (χ2n) is 5.79. The highest BCUT2D eigenvalue weighted by atomic mass is 35.5. The van der Waals surface area contributed by atoms with E-state index in [1.807, 2.05) is 0 Å². The number of ketones is 1. The van der Waals surface area contributed by atoms with E-state index in [-0.39, 0.29) is 22.9 Å². The first-order valence-electron chi connectivity index (χ1n) is 7.54. The summed E-state index contributed by atoms with van der Waals surface area (Å²) in [6.45, 7) is 3.53. The Kier molecular flexibility index (Phi) is 4.33. The predicted molar refractivity (Wildman–Crippen MR) is 95.2 cm³/mol. The summed E-state index contributed by atoms with van der Waals surface area (Å²) in [4.78, 5) is 23.0. The number of fused-ring (bicyclic) bond motifs is 1. The molecule has 1 aliphatic heterocycles. The van der Waals surface area contributed by atoms with Crippen molar-refractivity contribution >= 4 is 29.1 Å². The first-order valence-corrected chi connectivity index (χ1v) is 7.91. The van der Waals surface area contributed by atoms with E-state index in [0.29, 0.717) is 21.9 Å². The van der Waals surface area contributed by atoms with Crippen LogP contribution in [0.2, 0.25) is 5.02 Å². The molecule has 0 bridgehead atoms. The molecule has 1 heterocycles. The zero-order valence-corrected chi connectivity index (χ0v) is 14.9. The third kappa shape index (κ3) is 2.76. The molecule has 2 aromatic rings. The van der Waals surface area contributed by atoms with Gasteiger partial charge >= 0.3 is 5.69 Å². The van der Waals surface area contributed by atoms with Gasteiger partial charge in [0.25, 0.3) is 0 Å². The molecule has 0 aliphatic carbocycles. The summed E-state index contributed by atoms with van der Waals surface area (Å²) in [6, 6.07) is 4.18. The molecule has 1 aliphatic rings. The van der Waals surface area contributed by atoms with Crippen molar-refractivity contribution < 1.29 is 24.3 Å². The number of hydrogen-bond acceptors (Lipinski definition) is 6. The lowest BCUT2D eigenvalue weighted by molar-refractivity contribution is -0.386. The number of rotatable bonds is 3. The highest BCUT2D eigenvalue weighted by molar-refractivity contribution is 6.33. The SMILES string of the molecule is COc1cc(C=C2Oc3cc(C)c(Cl)c(C)c3C2=O)cc([N+](=O)[O-])c1O. The smallest absolute Gasteiger partial charge is 0.315 e. The third-order valence-corrected chi connectivity index (χ3v) is 4.69. The Balaban J connectivity index is 2.10. The van der Waals surface area contributed by atoms with Gasteiger partial charge in [0.2, 0.25) is 11.5 Å². The highest BCUT2D eigenvalue weighted by Crippen LogP contribution is 2.41. The fraction of sp³-hybridized carbons (Fsp3) is 0.167. The van der Waals surface area contributed by atoms with E-state index in [4.69, 9.17) is 21.1 Å². The summed E-state index contributed by atoms with van der Waals surface area (Å²) in [5, 5.41) is 21.4. The van der Waals surface area contributed by atoms with E-state index in [1.54, 1.807) is 19.9 Å². The normalized spacial score (nSPS) is 14.3.